The second kappa shape index (κ2) is 11.4. The van der Waals surface area contributed by atoms with E-state index in [0.29, 0.717) is 30.4 Å². The minimum Gasteiger partial charge on any atom is -0.455 e. The first-order valence-electron chi connectivity index (χ1n) is 13.7. The van der Waals surface area contributed by atoms with Gasteiger partial charge in [0.25, 0.3) is 0 Å². The van der Waals surface area contributed by atoms with E-state index in [9.17, 15) is 29.7 Å². The average molecular weight is 533 g/mol. The van der Waals surface area contributed by atoms with E-state index in [1.807, 2.05) is 19.9 Å². The molecule has 0 aromatic heterocycles. The Balaban J connectivity index is 2.00. The van der Waals surface area contributed by atoms with Gasteiger partial charge in [-0.2, -0.15) is 0 Å². The third-order valence-corrected chi connectivity index (χ3v) is 8.84. The number of Topliss-reactive ketones (excluding diaryl/α,β-unsaturated/α-hetero) is 1. The summed E-state index contributed by atoms with van der Waals surface area (Å²) in [5, 5.41) is 31.2. The largest absolute Gasteiger partial charge is 0.455 e. The highest BCUT2D eigenvalue weighted by Gasteiger charge is 2.61. The van der Waals surface area contributed by atoms with Crippen LogP contribution >= 0.6 is 0 Å². The predicted molar refractivity (Wildman–Crippen MR) is 142 cm³/mol. The van der Waals surface area contributed by atoms with Gasteiger partial charge in [0.1, 0.15) is 6.10 Å². The smallest absolute Gasteiger partial charge is 0.331 e. The standard InChI is InChI=1S/C30H44O8/c1-8-9-23(32)24(33)10-11-26(34)37-25-14-21-20(29(21,6)7)13-17(3)28(36)30(38-19(5)31)15-18(4)27(35)22(30)12-16(25)2/h10-13,18,20-25,27,32-33,35H,8-9,14-15H2,1-7H3/b11-10+,16-12?,17-13?/t18-,20?,21?,22?,23?,24?,25-,27+,30-/m1/s1. The number of esters is 2. The van der Waals surface area contributed by atoms with Crippen LogP contribution in [0.25, 0.3) is 0 Å². The van der Waals surface area contributed by atoms with Crippen molar-refractivity contribution in [1.29, 1.82) is 0 Å². The summed E-state index contributed by atoms with van der Waals surface area (Å²) < 4.78 is 11.6. The molecule has 2 fully saturated rings. The van der Waals surface area contributed by atoms with Gasteiger partial charge < -0.3 is 24.8 Å². The van der Waals surface area contributed by atoms with Crippen molar-refractivity contribution in [3.8, 4) is 0 Å². The average Bonchev–Trinajstić information content (AvgIpc) is 3.24. The van der Waals surface area contributed by atoms with Gasteiger partial charge in [-0.1, -0.05) is 46.3 Å². The lowest BCUT2D eigenvalue weighted by molar-refractivity contribution is -0.168. The van der Waals surface area contributed by atoms with Crippen LogP contribution in [0.2, 0.25) is 0 Å². The molecular weight excluding hydrogens is 488 g/mol. The molecular formula is C30H44O8. The topological polar surface area (TPSA) is 130 Å². The van der Waals surface area contributed by atoms with Gasteiger partial charge in [0.05, 0.1) is 24.2 Å². The van der Waals surface area contributed by atoms with E-state index in [1.54, 1.807) is 19.9 Å². The molecule has 0 spiro atoms. The molecule has 2 saturated carbocycles. The predicted octanol–water partition coefficient (Wildman–Crippen LogP) is 3.43. The van der Waals surface area contributed by atoms with Gasteiger partial charge in [0, 0.05) is 19.4 Å². The summed E-state index contributed by atoms with van der Waals surface area (Å²) in [5.74, 6) is -2.46. The summed E-state index contributed by atoms with van der Waals surface area (Å²) in [5.41, 5.74) is -0.512. The summed E-state index contributed by atoms with van der Waals surface area (Å²) in [6.45, 7) is 12.7. The van der Waals surface area contributed by atoms with Gasteiger partial charge >= 0.3 is 11.9 Å². The number of hydrogen-bond acceptors (Lipinski definition) is 8. The fourth-order valence-corrected chi connectivity index (χ4v) is 6.40. The van der Waals surface area contributed by atoms with Crippen LogP contribution in [0, 0.1) is 29.1 Å². The van der Waals surface area contributed by atoms with Gasteiger partial charge in [-0.25, -0.2) is 4.79 Å². The van der Waals surface area contributed by atoms with Crippen LogP contribution in [-0.4, -0.2) is 63.1 Å². The Labute approximate surface area is 225 Å². The van der Waals surface area contributed by atoms with E-state index in [2.05, 4.69) is 13.8 Å². The van der Waals surface area contributed by atoms with Crippen LogP contribution in [0.5, 0.6) is 0 Å². The molecule has 0 heterocycles. The zero-order valence-corrected chi connectivity index (χ0v) is 23.6. The second-order valence-electron chi connectivity index (χ2n) is 12.1. The first-order valence-corrected chi connectivity index (χ1v) is 13.7. The maximum Gasteiger partial charge on any atom is 0.331 e. The fourth-order valence-electron chi connectivity index (χ4n) is 6.40. The Morgan fingerprint density at radius 2 is 1.84 bits per heavy atom. The van der Waals surface area contributed by atoms with Crippen molar-refractivity contribution in [2.24, 2.45) is 29.1 Å². The normalized spacial score (nSPS) is 36.2. The Morgan fingerprint density at radius 3 is 2.45 bits per heavy atom. The summed E-state index contributed by atoms with van der Waals surface area (Å²) in [4.78, 5) is 38.9. The zero-order chi connectivity index (χ0) is 28.6. The van der Waals surface area contributed by atoms with Crippen molar-refractivity contribution in [2.45, 2.75) is 104 Å². The molecule has 0 radical (unpaired) electrons. The Morgan fingerprint density at radius 1 is 1.18 bits per heavy atom. The van der Waals surface area contributed by atoms with Crippen LogP contribution in [0.4, 0.5) is 0 Å². The van der Waals surface area contributed by atoms with E-state index >= 15 is 0 Å². The lowest BCUT2D eigenvalue weighted by Crippen LogP contribution is -2.48. The Bertz CT molecular complexity index is 1020. The molecule has 0 bridgehead atoms. The van der Waals surface area contributed by atoms with Crippen LogP contribution < -0.4 is 0 Å². The van der Waals surface area contributed by atoms with Crippen LogP contribution in [0.3, 0.4) is 0 Å². The Hall–Kier alpha value is -2.29. The molecule has 0 saturated heterocycles. The molecule has 212 valence electrons. The molecule has 0 aromatic rings. The molecule has 9 atom stereocenters. The third kappa shape index (κ3) is 5.97. The molecule has 3 aliphatic carbocycles. The lowest BCUT2D eigenvalue weighted by atomic mass is 9.80. The quantitative estimate of drug-likeness (QED) is 0.258. The molecule has 0 amide bonds. The van der Waals surface area contributed by atoms with Crippen molar-refractivity contribution >= 4 is 17.7 Å². The molecule has 3 rings (SSSR count). The second-order valence-corrected chi connectivity index (χ2v) is 12.1. The summed E-state index contributed by atoms with van der Waals surface area (Å²) in [7, 11) is 0. The number of carbonyl (C=O) groups is 3. The summed E-state index contributed by atoms with van der Waals surface area (Å²) >= 11 is 0. The highest BCUT2D eigenvalue weighted by Crippen LogP contribution is 2.62. The number of allylic oxidation sites excluding steroid dienone is 1. The zero-order valence-electron chi connectivity index (χ0n) is 23.6. The fraction of sp³-hybridized carbons (Fsp3) is 0.700. The SMILES string of the molecule is CCCC(O)C(O)/C=C/C(=O)O[C@@H]1CC2C(C=C(C)C(=O)[C@@]3(OC(C)=O)C[C@@H](C)[C@H](O)C3C=C1C)C2(C)C. The summed E-state index contributed by atoms with van der Waals surface area (Å²) in [6, 6.07) is 0. The van der Waals surface area contributed by atoms with Crippen LogP contribution in [-0.2, 0) is 23.9 Å². The number of rotatable bonds is 7. The number of fused-ring (bicyclic) bond motifs is 2. The van der Waals surface area contributed by atoms with E-state index in [0.717, 1.165) is 6.08 Å². The first kappa shape index (κ1) is 30.3. The minimum atomic E-state index is -1.54. The van der Waals surface area contributed by atoms with Crippen LogP contribution in [0.15, 0.2) is 35.5 Å². The van der Waals surface area contributed by atoms with Crippen molar-refractivity contribution in [2.75, 3.05) is 0 Å². The van der Waals surface area contributed by atoms with E-state index in [-0.39, 0.29) is 35.4 Å². The lowest BCUT2D eigenvalue weighted by Gasteiger charge is -2.34. The molecule has 5 unspecified atom stereocenters. The molecule has 0 aromatic carbocycles. The molecule has 0 aliphatic heterocycles. The molecule has 3 N–H and O–H groups in total. The van der Waals surface area contributed by atoms with Crippen LogP contribution in [0.1, 0.15) is 74.1 Å². The maximum atomic E-state index is 13.9. The van der Waals surface area contributed by atoms with Crippen molar-refractivity contribution in [3.63, 3.8) is 0 Å². The monoisotopic (exact) mass is 532 g/mol. The van der Waals surface area contributed by atoms with Crippen molar-refractivity contribution < 1.29 is 39.2 Å². The highest BCUT2D eigenvalue weighted by atomic mass is 16.6. The number of aliphatic hydroxyl groups is 3. The third-order valence-electron chi connectivity index (χ3n) is 8.84. The van der Waals surface area contributed by atoms with Gasteiger partial charge in [0.15, 0.2) is 5.60 Å². The number of ether oxygens (including phenoxy) is 2. The van der Waals surface area contributed by atoms with Gasteiger partial charge in [-0.15, -0.1) is 0 Å². The van der Waals surface area contributed by atoms with Gasteiger partial charge in [-0.3, -0.25) is 9.59 Å². The van der Waals surface area contributed by atoms with E-state index in [1.165, 1.54) is 13.0 Å². The maximum absolute atomic E-state index is 13.9. The molecule has 38 heavy (non-hydrogen) atoms. The number of carbonyl (C=O) groups excluding carboxylic acids is 3. The van der Waals surface area contributed by atoms with Gasteiger partial charge in [-0.05, 0) is 67.1 Å². The Kier molecular flexibility index (Phi) is 9.11. The minimum absolute atomic E-state index is 0.0664. The van der Waals surface area contributed by atoms with E-state index < -0.39 is 47.9 Å². The highest BCUT2D eigenvalue weighted by molar-refractivity contribution is 6.03. The summed E-state index contributed by atoms with van der Waals surface area (Å²) in [6.07, 6.45) is 4.09. The molecule has 8 nitrogen and oxygen atoms in total. The first-order chi connectivity index (χ1) is 17.6. The molecule has 8 heteroatoms. The van der Waals surface area contributed by atoms with Gasteiger partial charge in [0.2, 0.25) is 5.78 Å². The number of ketones is 1. The van der Waals surface area contributed by atoms with Crippen molar-refractivity contribution in [1.82, 2.24) is 0 Å². The molecule has 3 aliphatic rings. The van der Waals surface area contributed by atoms with Crippen molar-refractivity contribution in [3.05, 3.63) is 35.5 Å². The van der Waals surface area contributed by atoms with E-state index in [4.69, 9.17) is 9.47 Å². The number of aliphatic hydroxyl groups excluding tert-OH is 3. The number of hydrogen-bond donors (Lipinski definition) is 3.